The molecule has 5 heteroatoms. The Balaban J connectivity index is 2.18. The Hall–Kier alpha value is -1.39. The first-order valence-electron chi connectivity index (χ1n) is 7.20. The number of carbonyl (C=O) groups excluding carboxylic acids is 1. The van der Waals surface area contributed by atoms with Crippen molar-refractivity contribution in [3.05, 3.63) is 34.2 Å². The monoisotopic (exact) mass is 322 g/mol. The predicted octanol–water partition coefficient (Wildman–Crippen LogP) is 5.24. The molecule has 0 bridgehead atoms. The zero-order valence-electron chi connectivity index (χ0n) is 12.3. The van der Waals surface area contributed by atoms with Gasteiger partial charge in [0.15, 0.2) is 0 Å². The number of fused-ring (bicyclic) bond motifs is 1. The predicted molar refractivity (Wildman–Crippen MR) is 91.6 cm³/mol. The van der Waals surface area contributed by atoms with E-state index in [0.717, 1.165) is 41.5 Å². The highest BCUT2D eigenvalue weighted by Crippen LogP contribution is 2.34. The Morgan fingerprint density at radius 3 is 2.52 bits per heavy atom. The van der Waals surface area contributed by atoms with E-state index in [-0.39, 0.29) is 5.91 Å². The Morgan fingerprint density at radius 2 is 1.90 bits per heavy atom. The molecule has 0 aliphatic heterocycles. The highest BCUT2D eigenvalue weighted by atomic mass is 35.5. The molecule has 0 aliphatic carbocycles. The van der Waals surface area contributed by atoms with Crippen LogP contribution in [-0.2, 0) is 0 Å². The molecule has 0 aliphatic rings. The summed E-state index contributed by atoms with van der Waals surface area (Å²) in [6.45, 7) is 4.21. The number of hydrogen-bond acceptors (Lipinski definition) is 3. The standard InChI is InChI=1S/C16H19ClN2OS/c1-3-7-11(8-4-2)18-19-16(20)15-14(17)12-9-5-6-10-13(12)21-15/h5-6,9-10H,3-4,7-8H2,1-2H3,(H,19,20). The van der Waals surface area contributed by atoms with Crippen LogP contribution in [0.1, 0.15) is 49.2 Å². The van der Waals surface area contributed by atoms with E-state index in [2.05, 4.69) is 24.4 Å². The van der Waals surface area contributed by atoms with Crippen LogP contribution in [0.4, 0.5) is 0 Å². The van der Waals surface area contributed by atoms with Gasteiger partial charge in [-0.25, -0.2) is 5.43 Å². The van der Waals surface area contributed by atoms with Crippen molar-refractivity contribution in [2.75, 3.05) is 0 Å². The number of benzene rings is 1. The lowest BCUT2D eigenvalue weighted by molar-refractivity contribution is 0.0959. The summed E-state index contributed by atoms with van der Waals surface area (Å²) in [5.74, 6) is -0.231. The molecule has 2 rings (SSSR count). The molecule has 1 N–H and O–H groups in total. The molecular weight excluding hydrogens is 304 g/mol. The third-order valence-corrected chi connectivity index (χ3v) is 4.81. The number of hydrogen-bond donors (Lipinski definition) is 1. The number of nitrogens with zero attached hydrogens (tertiary/aromatic N) is 1. The number of carbonyl (C=O) groups is 1. The summed E-state index contributed by atoms with van der Waals surface area (Å²) in [6.07, 6.45) is 3.87. The summed E-state index contributed by atoms with van der Waals surface area (Å²) in [7, 11) is 0. The SMILES string of the molecule is CCCC(CCC)=NNC(=O)c1sc2ccccc2c1Cl. The Kier molecular flexibility index (Phi) is 5.76. The van der Waals surface area contributed by atoms with E-state index in [1.165, 1.54) is 11.3 Å². The average Bonchev–Trinajstić information content (AvgIpc) is 2.83. The fourth-order valence-corrected chi connectivity index (χ4v) is 3.56. The molecule has 0 saturated heterocycles. The zero-order valence-corrected chi connectivity index (χ0v) is 13.9. The highest BCUT2D eigenvalue weighted by Gasteiger charge is 2.16. The summed E-state index contributed by atoms with van der Waals surface area (Å²) in [5.41, 5.74) is 3.68. The first-order chi connectivity index (χ1) is 10.2. The topological polar surface area (TPSA) is 41.5 Å². The molecule has 112 valence electrons. The van der Waals surface area contributed by atoms with E-state index in [4.69, 9.17) is 11.6 Å². The molecule has 1 aromatic carbocycles. The van der Waals surface area contributed by atoms with E-state index < -0.39 is 0 Å². The van der Waals surface area contributed by atoms with Gasteiger partial charge in [-0.2, -0.15) is 5.10 Å². The minimum absolute atomic E-state index is 0.231. The summed E-state index contributed by atoms with van der Waals surface area (Å²) < 4.78 is 1.01. The molecular formula is C16H19ClN2OS. The van der Waals surface area contributed by atoms with Crippen molar-refractivity contribution in [2.45, 2.75) is 39.5 Å². The Labute approximate surface area is 134 Å². The molecule has 0 fully saturated rings. The van der Waals surface area contributed by atoms with Crippen LogP contribution in [0.2, 0.25) is 5.02 Å². The fraction of sp³-hybridized carbons (Fsp3) is 0.375. The van der Waals surface area contributed by atoms with Gasteiger partial charge in [-0.15, -0.1) is 11.3 Å². The molecule has 1 heterocycles. The number of halogens is 1. The second kappa shape index (κ2) is 7.57. The lowest BCUT2D eigenvalue weighted by atomic mass is 10.1. The van der Waals surface area contributed by atoms with E-state index >= 15 is 0 Å². The van der Waals surface area contributed by atoms with E-state index in [1.807, 2.05) is 24.3 Å². The maximum absolute atomic E-state index is 12.3. The molecule has 0 spiro atoms. The molecule has 3 nitrogen and oxygen atoms in total. The van der Waals surface area contributed by atoms with Gasteiger partial charge in [-0.1, -0.05) is 56.5 Å². The van der Waals surface area contributed by atoms with Crippen LogP contribution in [0.15, 0.2) is 29.4 Å². The van der Waals surface area contributed by atoms with Crippen molar-refractivity contribution in [1.29, 1.82) is 0 Å². The maximum atomic E-state index is 12.3. The van der Waals surface area contributed by atoms with Gasteiger partial charge in [-0.3, -0.25) is 4.79 Å². The molecule has 21 heavy (non-hydrogen) atoms. The maximum Gasteiger partial charge on any atom is 0.283 e. The second-order valence-corrected chi connectivity index (χ2v) is 6.29. The van der Waals surface area contributed by atoms with Crippen LogP contribution < -0.4 is 5.43 Å². The van der Waals surface area contributed by atoms with E-state index in [0.29, 0.717) is 9.90 Å². The van der Waals surface area contributed by atoms with Crippen molar-refractivity contribution in [1.82, 2.24) is 5.43 Å². The van der Waals surface area contributed by atoms with Crippen LogP contribution in [-0.4, -0.2) is 11.6 Å². The van der Waals surface area contributed by atoms with E-state index in [1.54, 1.807) is 0 Å². The normalized spacial score (nSPS) is 10.6. The van der Waals surface area contributed by atoms with Crippen LogP contribution in [0.25, 0.3) is 10.1 Å². The molecule has 0 unspecified atom stereocenters. The van der Waals surface area contributed by atoms with Gasteiger partial charge < -0.3 is 0 Å². The first kappa shape index (κ1) is 16.0. The molecule has 1 amide bonds. The average molecular weight is 323 g/mol. The third-order valence-electron chi connectivity index (χ3n) is 3.13. The zero-order chi connectivity index (χ0) is 15.2. The summed E-state index contributed by atoms with van der Waals surface area (Å²) in [6, 6.07) is 7.75. The van der Waals surface area contributed by atoms with Gasteiger partial charge in [0.25, 0.3) is 5.91 Å². The molecule has 0 radical (unpaired) electrons. The summed E-state index contributed by atoms with van der Waals surface area (Å²) >= 11 is 7.69. The smallest absolute Gasteiger partial charge is 0.266 e. The molecule has 1 aromatic heterocycles. The lowest BCUT2D eigenvalue weighted by Crippen LogP contribution is -2.19. The quantitative estimate of drug-likeness (QED) is 0.573. The summed E-state index contributed by atoms with van der Waals surface area (Å²) in [5, 5.41) is 5.68. The van der Waals surface area contributed by atoms with Gasteiger partial charge in [-0.05, 0) is 18.9 Å². The van der Waals surface area contributed by atoms with Crippen molar-refractivity contribution < 1.29 is 4.79 Å². The molecule has 2 aromatic rings. The lowest BCUT2D eigenvalue weighted by Gasteiger charge is -2.04. The number of amides is 1. The second-order valence-electron chi connectivity index (χ2n) is 4.86. The third kappa shape index (κ3) is 3.83. The van der Waals surface area contributed by atoms with Crippen LogP contribution in [0.3, 0.4) is 0 Å². The van der Waals surface area contributed by atoms with Crippen LogP contribution in [0, 0.1) is 0 Å². The van der Waals surface area contributed by atoms with Crippen LogP contribution in [0.5, 0.6) is 0 Å². The minimum Gasteiger partial charge on any atom is -0.266 e. The van der Waals surface area contributed by atoms with Gasteiger partial charge in [0.1, 0.15) is 4.88 Å². The highest BCUT2D eigenvalue weighted by molar-refractivity contribution is 7.21. The number of hydrazone groups is 1. The Morgan fingerprint density at radius 1 is 1.24 bits per heavy atom. The van der Waals surface area contributed by atoms with E-state index in [9.17, 15) is 4.79 Å². The molecule has 0 atom stereocenters. The first-order valence-corrected chi connectivity index (χ1v) is 8.39. The minimum atomic E-state index is -0.231. The van der Waals surface area contributed by atoms with Crippen molar-refractivity contribution >= 4 is 44.6 Å². The van der Waals surface area contributed by atoms with Gasteiger partial charge in [0.05, 0.1) is 5.02 Å². The molecule has 0 saturated carbocycles. The number of nitrogens with one attached hydrogen (secondary N) is 1. The van der Waals surface area contributed by atoms with Crippen molar-refractivity contribution in [2.24, 2.45) is 5.10 Å². The number of thiophene rings is 1. The van der Waals surface area contributed by atoms with Crippen LogP contribution >= 0.6 is 22.9 Å². The van der Waals surface area contributed by atoms with Gasteiger partial charge in [0, 0.05) is 15.8 Å². The van der Waals surface area contributed by atoms with Gasteiger partial charge in [0.2, 0.25) is 0 Å². The fourth-order valence-electron chi connectivity index (χ4n) is 2.15. The largest absolute Gasteiger partial charge is 0.283 e. The van der Waals surface area contributed by atoms with Crippen molar-refractivity contribution in [3.63, 3.8) is 0 Å². The van der Waals surface area contributed by atoms with Crippen molar-refractivity contribution in [3.8, 4) is 0 Å². The number of rotatable bonds is 6. The Bertz CT molecular complexity index is 655. The summed E-state index contributed by atoms with van der Waals surface area (Å²) in [4.78, 5) is 12.8. The van der Waals surface area contributed by atoms with Gasteiger partial charge >= 0.3 is 0 Å².